The van der Waals surface area contributed by atoms with Crippen LogP contribution in [0.2, 0.25) is 0 Å². The van der Waals surface area contributed by atoms with E-state index in [-0.39, 0.29) is 49.0 Å². The summed E-state index contributed by atoms with van der Waals surface area (Å²) in [6.45, 7) is 3.71. The highest BCUT2D eigenvalue weighted by molar-refractivity contribution is 7.66. The number of aryl methyl sites for hydroxylation is 2. The summed E-state index contributed by atoms with van der Waals surface area (Å²) in [5.41, 5.74) is 15.4. The van der Waals surface area contributed by atoms with Gasteiger partial charge in [-0.15, -0.1) is 0 Å². The van der Waals surface area contributed by atoms with E-state index in [1.807, 2.05) is 18.2 Å². The van der Waals surface area contributed by atoms with Crippen LogP contribution in [0.5, 0.6) is 11.5 Å². The first kappa shape index (κ1) is 51.9. The fraction of sp³-hybridized carbons (Fsp3) is 0.449. The second kappa shape index (κ2) is 20.9. The molecule has 74 heavy (non-hydrogen) atoms. The average Bonchev–Trinajstić information content (AvgIpc) is 3.83. The number of hydrogen-bond acceptors (Lipinski definition) is 15. The average molecular weight is 1080 g/mol. The number of rotatable bonds is 15. The molecule has 5 atom stereocenters. The Morgan fingerprint density at radius 3 is 2.50 bits per heavy atom. The number of phosphoric acid groups is 3. The van der Waals surface area contributed by atoms with Gasteiger partial charge in [0, 0.05) is 90.9 Å². The van der Waals surface area contributed by atoms with Gasteiger partial charge in [0.15, 0.2) is 0 Å². The van der Waals surface area contributed by atoms with Gasteiger partial charge in [-0.05, 0) is 87.1 Å². The number of ether oxygens (including phenoxy) is 2. The minimum atomic E-state index is -5.82. The molecule has 1 aromatic heterocycles. The Bertz CT molecular complexity index is 3380. The number of nitrogens with zero attached hydrogens (tertiary/aromatic N) is 5. The van der Waals surface area contributed by atoms with Crippen molar-refractivity contribution in [3.63, 3.8) is 0 Å². The summed E-state index contributed by atoms with van der Waals surface area (Å²) in [6, 6.07) is 12.5. The van der Waals surface area contributed by atoms with Gasteiger partial charge in [0.2, 0.25) is 11.3 Å². The summed E-state index contributed by atoms with van der Waals surface area (Å²) < 4.78 is 63.0. The number of anilines is 2. The Morgan fingerprint density at radius 1 is 0.959 bits per heavy atom. The summed E-state index contributed by atoms with van der Waals surface area (Å²) in [5, 5.41) is 5.13. The van der Waals surface area contributed by atoms with Crippen LogP contribution in [-0.4, -0.2) is 100.0 Å². The number of aromatic nitrogens is 2. The van der Waals surface area contributed by atoms with E-state index in [4.69, 9.17) is 20.1 Å². The van der Waals surface area contributed by atoms with Gasteiger partial charge in [-0.2, -0.15) is 9.29 Å². The topological polar surface area (TPSA) is 298 Å². The van der Waals surface area contributed by atoms with Crippen LogP contribution in [0.1, 0.15) is 107 Å². The van der Waals surface area contributed by atoms with E-state index in [1.54, 1.807) is 11.9 Å². The number of carbonyl (C=O) groups is 2. The summed E-state index contributed by atoms with van der Waals surface area (Å²) in [6.07, 6.45) is 8.39. The van der Waals surface area contributed by atoms with Crippen molar-refractivity contribution in [3.05, 3.63) is 108 Å². The molecule has 10 rings (SSSR count). The van der Waals surface area contributed by atoms with Crippen molar-refractivity contribution in [1.29, 1.82) is 0 Å². The monoisotopic (exact) mass is 1080 g/mol. The molecule has 0 spiro atoms. The Kier molecular flexibility index (Phi) is 14.7. The fourth-order valence-electron chi connectivity index (χ4n) is 11.1. The summed E-state index contributed by atoms with van der Waals surface area (Å²) in [5.74, 6) is 6.81. The number of benzene rings is 3. The summed E-state index contributed by atoms with van der Waals surface area (Å²) in [7, 11) is -15.2. The van der Waals surface area contributed by atoms with Crippen molar-refractivity contribution >= 4 is 52.4 Å². The quantitative estimate of drug-likeness (QED) is 0.0572. The largest absolute Gasteiger partial charge is 0.756 e. The van der Waals surface area contributed by atoms with Gasteiger partial charge in [-0.25, -0.2) is 22.8 Å². The van der Waals surface area contributed by atoms with E-state index in [0.29, 0.717) is 18.5 Å². The second-order valence-corrected chi connectivity index (χ2v) is 23.6. The van der Waals surface area contributed by atoms with Crippen LogP contribution in [0.3, 0.4) is 0 Å². The minimum absolute atomic E-state index is 0.0736. The van der Waals surface area contributed by atoms with Crippen molar-refractivity contribution in [1.82, 2.24) is 24.3 Å². The number of nitrogens with two attached hydrogens (primary N) is 1. The van der Waals surface area contributed by atoms with Crippen molar-refractivity contribution in [2.24, 2.45) is 0 Å². The van der Waals surface area contributed by atoms with E-state index in [1.165, 1.54) is 39.5 Å². The van der Waals surface area contributed by atoms with E-state index < -0.39 is 48.1 Å². The highest BCUT2D eigenvalue weighted by Crippen LogP contribution is 2.65. The lowest BCUT2D eigenvalue weighted by atomic mass is 9.81. The number of phosphoric ester groups is 1. The van der Waals surface area contributed by atoms with E-state index in [0.717, 1.165) is 116 Å². The zero-order valence-corrected chi connectivity index (χ0v) is 43.2. The second-order valence-electron chi connectivity index (χ2n) is 19.2. The van der Waals surface area contributed by atoms with Crippen LogP contribution in [0, 0.1) is 11.8 Å². The van der Waals surface area contributed by atoms with Crippen molar-refractivity contribution in [2.45, 2.75) is 89.4 Å². The lowest BCUT2D eigenvalue weighted by Crippen LogP contribution is -2.45. The maximum absolute atomic E-state index is 14.6. The third-order valence-electron chi connectivity index (χ3n) is 14.2. The highest BCUT2D eigenvalue weighted by Gasteiger charge is 2.40. The smallest absolute Gasteiger partial charge is 0.487 e. The Morgan fingerprint density at radius 2 is 1.70 bits per heavy atom. The van der Waals surface area contributed by atoms with E-state index in [9.17, 15) is 42.8 Å². The molecule has 25 heteroatoms. The number of nitrogen functional groups attached to an aromatic ring is 1. The molecule has 6 aliphatic heterocycles. The van der Waals surface area contributed by atoms with Gasteiger partial charge in [0.05, 0.1) is 30.4 Å². The minimum Gasteiger partial charge on any atom is -0.756 e. The molecule has 1 fully saturated rings. The van der Waals surface area contributed by atoms with Gasteiger partial charge in [-0.3, -0.25) is 23.2 Å². The molecule has 3 unspecified atom stereocenters. The molecule has 6 N–H and O–H groups in total. The summed E-state index contributed by atoms with van der Waals surface area (Å²) in [4.78, 5) is 86.9. The predicted octanol–water partition coefficient (Wildman–Crippen LogP) is 2.67. The van der Waals surface area contributed by atoms with E-state index >= 15 is 0 Å². The number of nitrogens with one attached hydrogen (secondary N) is 1. The number of hydrogen-bond donors (Lipinski definition) is 5. The summed E-state index contributed by atoms with van der Waals surface area (Å²) >= 11 is 0. The number of fused-ring (bicyclic) bond motifs is 4. The number of carbonyl (C=O) groups excluding carboxylic acids is 2. The SMILES string of the molecule is CN(CCCC(=O)NCC#Cc1cn([C@H]2CC[C@@H](COP(=O)(O)OP(=O)(O)OP(=O)([O-])O)O2)c(=O)nc1N)C(=O)c1ccccc1C1=c2cc3c4c(c2Oc2c1cc1c5c2CCCN5CCC1)CCC[N+]=4CCC3. The zero-order valence-electron chi connectivity index (χ0n) is 40.5. The first-order chi connectivity index (χ1) is 35.3. The molecule has 3 aromatic carbocycles. The maximum atomic E-state index is 14.6. The van der Waals surface area contributed by atoms with Gasteiger partial charge in [0.25, 0.3) is 13.7 Å². The molecule has 0 saturated carbocycles. The first-order valence-corrected chi connectivity index (χ1v) is 29.2. The molecule has 0 radical (unpaired) electrons. The van der Waals surface area contributed by atoms with Gasteiger partial charge in [-0.1, -0.05) is 30.0 Å². The fourth-order valence-corrected chi connectivity index (χ4v) is 14.1. The van der Waals surface area contributed by atoms with Crippen LogP contribution in [0.4, 0.5) is 11.5 Å². The zero-order chi connectivity index (χ0) is 52.1. The van der Waals surface area contributed by atoms with Crippen molar-refractivity contribution in [2.75, 3.05) is 63.6 Å². The molecule has 392 valence electrons. The molecule has 22 nitrogen and oxygen atoms in total. The third-order valence-corrected chi connectivity index (χ3v) is 17.9. The molecule has 0 aliphatic carbocycles. The molecule has 1 saturated heterocycles. The number of amides is 2. The van der Waals surface area contributed by atoms with Gasteiger partial charge >= 0.3 is 21.3 Å². The van der Waals surface area contributed by atoms with E-state index in [2.05, 4.69) is 63.0 Å². The Hall–Kier alpha value is -5.52. The van der Waals surface area contributed by atoms with Crippen LogP contribution < -0.4 is 46.4 Å². The molecular formula is C49H56N7O15P3. The van der Waals surface area contributed by atoms with Crippen molar-refractivity contribution in [3.8, 4) is 23.3 Å². The third kappa shape index (κ3) is 10.9. The standard InChI is InChI=1S/C49H56N7O15P3/c1-53(21-9-17-40(57)51-20-4-10-32-28-56(49(59)52-47(32)50)41-19-18-33(68-41)29-67-73(63,64)71-74(65,66)70-72(60,61)62)48(58)35-14-3-2-13-34(35)42-38-26-30-11-5-22-54-24-7-15-36(43(30)54)45(38)69-46-37-16-8-25-55-23-6-12-31(44(37)55)27-39(42)46/h2-3,13-14,26-28,33,41H,5-9,11-12,15-25,29H2,1H3,(H6-,50,51,52,57,59,60,61,62,63,64,65,66)/t33-,41+/m0/s1. The van der Waals surface area contributed by atoms with Crippen LogP contribution in [0.15, 0.2) is 47.4 Å². The predicted molar refractivity (Wildman–Crippen MR) is 266 cm³/mol. The highest BCUT2D eigenvalue weighted by atomic mass is 31.3. The Balaban J connectivity index is 0.793. The molecule has 0 bridgehead atoms. The molecule has 4 aromatic rings. The van der Waals surface area contributed by atoms with Crippen LogP contribution in [0.25, 0.3) is 5.57 Å². The van der Waals surface area contributed by atoms with Crippen LogP contribution in [-0.2, 0) is 62.1 Å². The maximum Gasteiger partial charge on any atom is 0.487 e. The normalized spacial score (nSPS) is 20.7. The Labute approximate surface area is 425 Å². The van der Waals surface area contributed by atoms with Crippen LogP contribution >= 0.6 is 23.5 Å². The lowest BCUT2D eigenvalue weighted by molar-refractivity contribution is -0.212. The lowest BCUT2D eigenvalue weighted by Gasteiger charge is -2.39. The van der Waals surface area contributed by atoms with Gasteiger partial charge < -0.3 is 49.9 Å². The van der Waals surface area contributed by atoms with Gasteiger partial charge in [0.1, 0.15) is 36.6 Å². The van der Waals surface area contributed by atoms with Crippen molar-refractivity contribution < 1.29 is 65.5 Å². The molecule has 7 heterocycles. The molecule has 6 aliphatic rings. The molecular weight excluding hydrogens is 1020 g/mol. The molecule has 2 amide bonds. The first-order valence-electron chi connectivity index (χ1n) is 24.7.